The van der Waals surface area contributed by atoms with Crippen LogP contribution in [0.4, 0.5) is 0 Å². The van der Waals surface area contributed by atoms with Crippen molar-refractivity contribution >= 4 is 27.4 Å². The molecule has 1 aromatic heterocycles. The number of rotatable bonds is 3. The van der Waals surface area contributed by atoms with Crippen LogP contribution in [0.3, 0.4) is 0 Å². The van der Waals surface area contributed by atoms with E-state index in [1.165, 1.54) is 24.2 Å². The zero-order valence-corrected chi connectivity index (χ0v) is 13.4. The van der Waals surface area contributed by atoms with Gasteiger partial charge in [-0.2, -0.15) is 0 Å². The summed E-state index contributed by atoms with van der Waals surface area (Å²) >= 11 is 1.39. The molecular weight excluding hydrogens is 282 g/mol. The molecule has 1 N–H and O–H groups in total. The lowest BCUT2D eigenvalue weighted by Gasteiger charge is -2.36. The first kappa shape index (κ1) is 14.5. The van der Waals surface area contributed by atoms with Crippen LogP contribution in [0, 0.1) is 5.41 Å². The van der Waals surface area contributed by atoms with Crippen LogP contribution in [0.5, 0.6) is 0 Å². The lowest BCUT2D eigenvalue weighted by molar-refractivity contribution is 0.0698. The lowest BCUT2D eigenvalue weighted by atomic mass is 9.82. The van der Waals surface area contributed by atoms with E-state index in [-0.39, 0.29) is 0 Å². The van der Waals surface area contributed by atoms with Gasteiger partial charge >= 0.3 is 5.97 Å². The molecule has 1 saturated heterocycles. The van der Waals surface area contributed by atoms with E-state index in [9.17, 15) is 9.90 Å². The van der Waals surface area contributed by atoms with Crippen molar-refractivity contribution in [2.75, 3.05) is 13.1 Å². The molecule has 0 radical (unpaired) electrons. The number of carboxylic acids is 1. The Hall–Kier alpha value is -1.39. The van der Waals surface area contributed by atoms with Crippen LogP contribution < -0.4 is 0 Å². The number of carbonyl (C=O) groups is 1. The summed E-state index contributed by atoms with van der Waals surface area (Å²) in [4.78, 5) is 14.4. The highest BCUT2D eigenvalue weighted by atomic mass is 32.1. The van der Waals surface area contributed by atoms with Crippen molar-refractivity contribution in [1.29, 1.82) is 0 Å². The van der Waals surface area contributed by atoms with Crippen LogP contribution in [0.15, 0.2) is 24.3 Å². The number of piperidine rings is 1. The molecule has 2 aromatic rings. The van der Waals surface area contributed by atoms with Crippen molar-refractivity contribution in [2.45, 2.75) is 33.2 Å². The summed E-state index contributed by atoms with van der Waals surface area (Å²) in [5.74, 6) is -0.802. The molecule has 3 nitrogen and oxygen atoms in total. The summed E-state index contributed by atoms with van der Waals surface area (Å²) < 4.78 is 1.07. The molecule has 0 bridgehead atoms. The number of benzene rings is 1. The molecule has 0 saturated carbocycles. The van der Waals surface area contributed by atoms with Gasteiger partial charge in [0.1, 0.15) is 4.88 Å². The predicted molar refractivity (Wildman–Crippen MR) is 87.1 cm³/mol. The number of thiophene rings is 1. The third-order valence-electron chi connectivity index (χ3n) is 4.48. The molecule has 0 spiro atoms. The number of hydrogen-bond acceptors (Lipinski definition) is 3. The van der Waals surface area contributed by atoms with Crippen LogP contribution in [0.2, 0.25) is 0 Å². The standard InChI is InChI=1S/C17H21NO2S/c1-17(2)7-9-18(10-8-17)11-13-12-5-3-4-6-14(12)21-15(13)16(19)20/h3-6H,7-11H2,1-2H3,(H,19,20). The third-order valence-corrected chi connectivity index (χ3v) is 5.68. The number of fused-ring (bicyclic) bond motifs is 1. The van der Waals surface area contributed by atoms with Crippen LogP contribution in [-0.2, 0) is 6.54 Å². The Kier molecular flexibility index (Phi) is 3.76. The maximum atomic E-state index is 11.5. The average molecular weight is 303 g/mol. The molecule has 0 unspecified atom stereocenters. The first-order valence-corrected chi connectivity index (χ1v) is 8.24. The number of nitrogens with zero attached hydrogens (tertiary/aromatic N) is 1. The van der Waals surface area contributed by atoms with Gasteiger partial charge in [-0.3, -0.25) is 4.90 Å². The number of likely N-dealkylation sites (tertiary alicyclic amines) is 1. The Bertz CT molecular complexity index is 664. The molecule has 0 aliphatic carbocycles. The second-order valence-electron chi connectivity index (χ2n) is 6.65. The molecule has 1 fully saturated rings. The van der Waals surface area contributed by atoms with Crippen LogP contribution in [0.1, 0.15) is 41.9 Å². The Labute approximate surface area is 129 Å². The van der Waals surface area contributed by atoms with E-state index in [0.717, 1.165) is 35.3 Å². The van der Waals surface area contributed by atoms with Gasteiger partial charge in [-0.15, -0.1) is 11.3 Å². The predicted octanol–water partition coefficient (Wildman–Crippen LogP) is 4.22. The van der Waals surface area contributed by atoms with Gasteiger partial charge in [0.25, 0.3) is 0 Å². The molecule has 112 valence electrons. The molecule has 0 atom stereocenters. The summed E-state index contributed by atoms with van der Waals surface area (Å²) in [5.41, 5.74) is 1.41. The molecule has 1 aliphatic rings. The smallest absolute Gasteiger partial charge is 0.346 e. The van der Waals surface area contributed by atoms with Crippen LogP contribution in [-0.4, -0.2) is 29.1 Å². The van der Waals surface area contributed by atoms with E-state index in [1.54, 1.807) is 0 Å². The average Bonchev–Trinajstić information content (AvgIpc) is 2.80. The van der Waals surface area contributed by atoms with E-state index in [2.05, 4.69) is 18.7 Å². The van der Waals surface area contributed by atoms with E-state index < -0.39 is 5.97 Å². The molecule has 3 rings (SSSR count). The Balaban J connectivity index is 1.89. The van der Waals surface area contributed by atoms with Crippen molar-refractivity contribution < 1.29 is 9.90 Å². The van der Waals surface area contributed by atoms with Gasteiger partial charge in [0, 0.05) is 11.2 Å². The molecule has 4 heteroatoms. The van der Waals surface area contributed by atoms with Gasteiger partial charge in [-0.05, 0) is 48.4 Å². The molecule has 1 aromatic carbocycles. The zero-order valence-electron chi connectivity index (χ0n) is 12.6. The Morgan fingerprint density at radius 2 is 1.95 bits per heavy atom. The third kappa shape index (κ3) is 2.97. The first-order valence-electron chi connectivity index (χ1n) is 7.42. The highest BCUT2D eigenvalue weighted by molar-refractivity contribution is 7.21. The molecular formula is C17H21NO2S. The lowest BCUT2D eigenvalue weighted by Crippen LogP contribution is -2.37. The van der Waals surface area contributed by atoms with E-state index in [1.807, 2.05) is 24.3 Å². The van der Waals surface area contributed by atoms with E-state index >= 15 is 0 Å². The van der Waals surface area contributed by atoms with Gasteiger partial charge in [-0.1, -0.05) is 32.0 Å². The van der Waals surface area contributed by atoms with E-state index in [4.69, 9.17) is 0 Å². The van der Waals surface area contributed by atoms with Gasteiger partial charge in [-0.25, -0.2) is 4.79 Å². The summed E-state index contributed by atoms with van der Waals surface area (Å²) in [6.07, 6.45) is 2.36. The zero-order chi connectivity index (χ0) is 15.0. The summed E-state index contributed by atoms with van der Waals surface area (Å²) in [7, 11) is 0. The van der Waals surface area contributed by atoms with Crippen LogP contribution >= 0.6 is 11.3 Å². The topological polar surface area (TPSA) is 40.5 Å². The fraction of sp³-hybridized carbons (Fsp3) is 0.471. The highest BCUT2D eigenvalue weighted by Crippen LogP contribution is 2.35. The minimum Gasteiger partial charge on any atom is -0.477 e. The van der Waals surface area contributed by atoms with Crippen molar-refractivity contribution in [2.24, 2.45) is 5.41 Å². The van der Waals surface area contributed by atoms with Gasteiger partial charge in [0.2, 0.25) is 0 Å². The molecule has 0 amide bonds. The second-order valence-corrected chi connectivity index (χ2v) is 7.70. The number of carboxylic acid groups (broad SMARTS) is 1. The summed E-state index contributed by atoms with van der Waals surface area (Å²) in [6.45, 7) is 7.48. The quantitative estimate of drug-likeness (QED) is 0.923. The maximum Gasteiger partial charge on any atom is 0.346 e. The van der Waals surface area contributed by atoms with Gasteiger partial charge in [0.05, 0.1) is 0 Å². The highest BCUT2D eigenvalue weighted by Gasteiger charge is 2.27. The van der Waals surface area contributed by atoms with Crippen molar-refractivity contribution in [3.8, 4) is 0 Å². The molecule has 21 heavy (non-hydrogen) atoms. The molecule has 1 aliphatic heterocycles. The largest absolute Gasteiger partial charge is 0.477 e. The Morgan fingerprint density at radius 1 is 1.29 bits per heavy atom. The summed E-state index contributed by atoms with van der Waals surface area (Å²) in [5, 5.41) is 10.6. The fourth-order valence-corrected chi connectivity index (χ4v) is 4.02. The van der Waals surface area contributed by atoms with Gasteiger partial charge < -0.3 is 5.11 Å². The van der Waals surface area contributed by atoms with Crippen molar-refractivity contribution in [1.82, 2.24) is 4.90 Å². The minimum atomic E-state index is -0.802. The second kappa shape index (κ2) is 5.43. The monoisotopic (exact) mass is 303 g/mol. The minimum absolute atomic E-state index is 0.419. The number of hydrogen-bond donors (Lipinski definition) is 1. The van der Waals surface area contributed by atoms with Crippen molar-refractivity contribution in [3.05, 3.63) is 34.7 Å². The normalized spacial score (nSPS) is 19.0. The van der Waals surface area contributed by atoms with Crippen LogP contribution in [0.25, 0.3) is 10.1 Å². The molecule has 2 heterocycles. The number of aromatic carboxylic acids is 1. The summed E-state index contributed by atoms with van der Waals surface area (Å²) in [6, 6.07) is 8.01. The first-order chi connectivity index (χ1) is 9.96. The Morgan fingerprint density at radius 3 is 2.62 bits per heavy atom. The SMILES string of the molecule is CC1(C)CCN(Cc2c(C(=O)O)sc3ccccc23)CC1. The van der Waals surface area contributed by atoms with Gasteiger partial charge in [0.15, 0.2) is 0 Å². The fourth-order valence-electron chi connectivity index (χ4n) is 2.97. The van der Waals surface area contributed by atoms with Crippen molar-refractivity contribution in [3.63, 3.8) is 0 Å². The maximum absolute atomic E-state index is 11.5. The van der Waals surface area contributed by atoms with E-state index in [0.29, 0.717) is 10.3 Å².